The Morgan fingerprint density at radius 2 is 1.63 bits per heavy atom. The number of carbonyl (C=O) groups excluding carboxylic acids is 1. The zero-order valence-corrected chi connectivity index (χ0v) is 23.8. The summed E-state index contributed by atoms with van der Waals surface area (Å²) in [7, 11) is 0. The Balaban J connectivity index is 1.19. The third-order valence-electron chi connectivity index (χ3n) is 7.08. The first-order valence-electron chi connectivity index (χ1n) is 13.2. The molecule has 41 heavy (non-hydrogen) atoms. The van der Waals surface area contributed by atoms with Crippen LogP contribution in [0.25, 0.3) is 27.8 Å². The molecule has 6 rings (SSSR count). The molecular formula is C34H26Cl2N4O. The average Bonchev–Trinajstić information content (AvgIpc) is 3.55. The minimum absolute atomic E-state index is 0.281. The Labute approximate surface area is 248 Å². The zero-order valence-electron chi connectivity index (χ0n) is 22.3. The molecule has 2 aromatic heterocycles. The van der Waals surface area contributed by atoms with E-state index in [1.54, 1.807) is 12.3 Å². The van der Waals surface area contributed by atoms with Crippen LogP contribution >= 0.6 is 23.2 Å². The standard InChI is InChI=1S/C34H26Cl2N4O/c1-23-11-18-32(24-7-3-2-4-8-24)40(23)29-16-13-25(14-17-29)34(41)38-37-20-27-22-39(33-10-6-5-9-30(27)33)21-26-12-15-28(35)19-31(26)36/h2-20,22H,21H2,1H3,(H,38,41)/b37-20+. The lowest BCUT2D eigenvalue weighted by Crippen LogP contribution is -2.17. The third kappa shape index (κ3) is 5.55. The molecule has 5 nitrogen and oxygen atoms in total. The van der Waals surface area contributed by atoms with Gasteiger partial charge in [-0.3, -0.25) is 4.79 Å². The number of nitrogens with zero attached hydrogens (tertiary/aromatic N) is 3. The van der Waals surface area contributed by atoms with Gasteiger partial charge >= 0.3 is 0 Å². The number of rotatable bonds is 7. The number of nitrogens with one attached hydrogen (secondary N) is 1. The maximum atomic E-state index is 12.9. The first kappa shape index (κ1) is 26.6. The van der Waals surface area contributed by atoms with Crippen molar-refractivity contribution in [3.8, 4) is 16.9 Å². The lowest BCUT2D eigenvalue weighted by molar-refractivity contribution is 0.0955. The van der Waals surface area contributed by atoms with E-state index < -0.39 is 0 Å². The smallest absolute Gasteiger partial charge is 0.271 e. The van der Waals surface area contributed by atoms with Crippen LogP contribution in [0.3, 0.4) is 0 Å². The largest absolute Gasteiger partial charge is 0.342 e. The topological polar surface area (TPSA) is 51.3 Å². The van der Waals surface area contributed by atoms with Crippen molar-refractivity contribution in [1.82, 2.24) is 14.6 Å². The number of aromatic nitrogens is 2. The Bertz CT molecular complexity index is 1890. The van der Waals surface area contributed by atoms with Crippen molar-refractivity contribution < 1.29 is 4.79 Å². The minimum atomic E-state index is -0.281. The second kappa shape index (κ2) is 11.5. The summed E-state index contributed by atoms with van der Waals surface area (Å²) in [4.78, 5) is 12.9. The number of hydrazone groups is 1. The summed E-state index contributed by atoms with van der Waals surface area (Å²) >= 11 is 12.5. The van der Waals surface area contributed by atoms with Gasteiger partial charge in [0.2, 0.25) is 0 Å². The summed E-state index contributed by atoms with van der Waals surface area (Å²) in [6, 6.07) is 35.6. The summed E-state index contributed by atoms with van der Waals surface area (Å²) in [5.74, 6) is -0.281. The second-order valence-electron chi connectivity index (χ2n) is 9.77. The highest BCUT2D eigenvalue weighted by Crippen LogP contribution is 2.27. The van der Waals surface area contributed by atoms with E-state index in [-0.39, 0.29) is 5.91 Å². The van der Waals surface area contributed by atoms with Gasteiger partial charge in [-0.1, -0.05) is 77.8 Å². The van der Waals surface area contributed by atoms with E-state index in [0.717, 1.165) is 44.7 Å². The van der Waals surface area contributed by atoms with Gasteiger partial charge in [-0.05, 0) is 72.6 Å². The summed E-state index contributed by atoms with van der Waals surface area (Å²) in [5.41, 5.74) is 10.4. The third-order valence-corrected chi connectivity index (χ3v) is 7.67. The van der Waals surface area contributed by atoms with Gasteiger partial charge < -0.3 is 9.13 Å². The van der Waals surface area contributed by atoms with Crippen LogP contribution in [0.4, 0.5) is 0 Å². The van der Waals surface area contributed by atoms with Crippen molar-refractivity contribution in [3.63, 3.8) is 0 Å². The Morgan fingerprint density at radius 1 is 0.878 bits per heavy atom. The number of benzene rings is 4. The molecule has 0 aliphatic heterocycles. The number of hydrogen-bond acceptors (Lipinski definition) is 2. The highest BCUT2D eigenvalue weighted by molar-refractivity contribution is 6.35. The molecule has 4 aromatic carbocycles. The zero-order chi connectivity index (χ0) is 28.3. The van der Waals surface area contributed by atoms with Crippen molar-refractivity contribution in [3.05, 3.63) is 148 Å². The summed E-state index contributed by atoms with van der Waals surface area (Å²) in [6.45, 7) is 2.65. The van der Waals surface area contributed by atoms with Crippen molar-refractivity contribution in [2.75, 3.05) is 0 Å². The van der Waals surface area contributed by atoms with Crippen LogP contribution in [0.2, 0.25) is 10.0 Å². The molecule has 0 spiro atoms. The number of para-hydroxylation sites is 1. The van der Waals surface area contributed by atoms with E-state index in [4.69, 9.17) is 23.2 Å². The fourth-order valence-electron chi connectivity index (χ4n) is 5.04. The van der Waals surface area contributed by atoms with Crippen molar-refractivity contribution in [2.45, 2.75) is 13.5 Å². The van der Waals surface area contributed by atoms with Crippen molar-refractivity contribution in [2.24, 2.45) is 5.10 Å². The van der Waals surface area contributed by atoms with Gasteiger partial charge in [0.25, 0.3) is 5.91 Å². The lowest BCUT2D eigenvalue weighted by atomic mass is 10.1. The van der Waals surface area contributed by atoms with Gasteiger partial charge in [0.1, 0.15) is 0 Å². The van der Waals surface area contributed by atoms with Gasteiger partial charge in [0.05, 0.1) is 11.9 Å². The van der Waals surface area contributed by atoms with E-state index in [9.17, 15) is 4.79 Å². The van der Waals surface area contributed by atoms with Crippen LogP contribution in [0, 0.1) is 6.92 Å². The predicted molar refractivity (Wildman–Crippen MR) is 169 cm³/mol. The highest BCUT2D eigenvalue weighted by atomic mass is 35.5. The molecule has 2 heterocycles. The van der Waals surface area contributed by atoms with Crippen LogP contribution in [0.1, 0.15) is 27.2 Å². The number of halogens is 2. The van der Waals surface area contributed by atoms with Gasteiger partial charge in [-0.25, -0.2) is 5.43 Å². The van der Waals surface area contributed by atoms with Gasteiger partial charge in [0.15, 0.2) is 0 Å². The quantitative estimate of drug-likeness (QED) is 0.150. The number of carbonyl (C=O) groups is 1. The maximum absolute atomic E-state index is 12.9. The maximum Gasteiger partial charge on any atom is 0.271 e. The van der Waals surface area contributed by atoms with Gasteiger partial charge in [0, 0.05) is 56.2 Å². The number of hydrogen-bond donors (Lipinski definition) is 1. The van der Waals surface area contributed by atoms with Crippen LogP contribution < -0.4 is 5.43 Å². The van der Waals surface area contributed by atoms with E-state index in [2.05, 4.69) is 50.9 Å². The molecule has 7 heteroatoms. The Morgan fingerprint density at radius 3 is 2.41 bits per heavy atom. The molecule has 1 amide bonds. The fourth-order valence-corrected chi connectivity index (χ4v) is 5.51. The normalized spacial score (nSPS) is 11.4. The second-order valence-corrected chi connectivity index (χ2v) is 10.6. The molecular weight excluding hydrogens is 551 g/mol. The molecule has 0 radical (unpaired) electrons. The Hall–Kier alpha value is -4.58. The first-order chi connectivity index (χ1) is 20.0. The predicted octanol–water partition coefficient (Wildman–Crippen LogP) is 8.53. The minimum Gasteiger partial charge on any atom is -0.342 e. The summed E-state index contributed by atoms with van der Waals surface area (Å²) in [5, 5.41) is 6.52. The summed E-state index contributed by atoms with van der Waals surface area (Å²) in [6.07, 6.45) is 3.67. The van der Waals surface area contributed by atoms with Gasteiger partial charge in [-0.15, -0.1) is 0 Å². The van der Waals surface area contributed by atoms with Crippen LogP contribution in [0.5, 0.6) is 0 Å². The SMILES string of the molecule is Cc1ccc(-c2ccccc2)n1-c1ccc(C(=O)N/N=C/c2cn(Cc3ccc(Cl)cc3Cl)c3ccccc23)cc1. The van der Waals surface area contributed by atoms with Gasteiger partial charge in [-0.2, -0.15) is 5.10 Å². The number of amides is 1. The van der Waals surface area contributed by atoms with Crippen LogP contribution in [-0.2, 0) is 6.54 Å². The molecule has 0 fully saturated rings. The van der Waals surface area contributed by atoms with Crippen LogP contribution in [-0.4, -0.2) is 21.3 Å². The molecule has 0 saturated heterocycles. The monoisotopic (exact) mass is 576 g/mol. The molecule has 0 bridgehead atoms. The molecule has 6 aromatic rings. The van der Waals surface area contributed by atoms with Crippen molar-refractivity contribution in [1.29, 1.82) is 0 Å². The molecule has 1 N–H and O–H groups in total. The molecule has 0 aliphatic carbocycles. The number of fused-ring (bicyclic) bond motifs is 1. The fraction of sp³-hybridized carbons (Fsp3) is 0.0588. The number of aryl methyl sites for hydroxylation is 1. The molecule has 0 saturated carbocycles. The van der Waals surface area contributed by atoms with Crippen molar-refractivity contribution >= 4 is 46.2 Å². The van der Waals surface area contributed by atoms with Crippen LogP contribution in [0.15, 0.2) is 120 Å². The average molecular weight is 578 g/mol. The summed E-state index contributed by atoms with van der Waals surface area (Å²) < 4.78 is 4.29. The van der Waals surface area contributed by atoms with E-state index in [1.807, 2.05) is 85.1 Å². The lowest BCUT2D eigenvalue weighted by Gasteiger charge is -2.12. The molecule has 0 atom stereocenters. The molecule has 0 unspecified atom stereocenters. The van der Waals surface area contributed by atoms with E-state index in [0.29, 0.717) is 22.2 Å². The Kier molecular flexibility index (Phi) is 7.47. The molecule has 202 valence electrons. The first-order valence-corrected chi connectivity index (χ1v) is 13.9. The van der Waals surface area contributed by atoms with E-state index in [1.165, 1.54) is 0 Å². The van der Waals surface area contributed by atoms with E-state index >= 15 is 0 Å². The highest BCUT2D eigenvalue weighted by Gasteiger charge is 2.12. The molecule has 0 aliphatic rings.